The van der Waals surface area contributed by atoms with Crippen LogP contribution in [0.1, 0.15) is 75.5 Å². The highest BCUT2D eigenvalue weighted by Gasteiger charge is 2.50. The first-order chi connectivity index (χ1) is 28.3. The van der Waals surface area contributed by atoms with Gasteiger partial charge in [0, 0.05) is 61.2 Å². The maximum Gasteiger partial charge on any atom is 0.312 e. The van der Waals surface area contributed by atoms with Gasteiger partial charge in [-0.2, -0.15) is 5.10 Å². The minimum atomic E-state index is -2.06. The first-order valence-corrected chi connectivity index (χ1v) is 19.7. The Hall–Kier alpha value is -5.90. The number of aromatic hydroxyl groups is 3. The number of hydrogen-bond acceptors (Lipinski definition) is 14. The lowest BCUT2D eigenvalue weighted by Crippen LogP contribution is -2.46. The molecule has 0 aromatic heterocycles. The molecule has 9 unspecified atom stereocenters. The van der Waals surface area contributed by atoms with Gasteiger partial charge in [-0.3, -0.25) is 14.4 Å². The summed E-state index contributed by atoms with van der Waals surface area (Å²) in [6.45, 7) is 12.7. The molecule has 15 nitrogen and oxygen atoms in total. The van der Waals surface area contributed by atoms with Crippen LogP contribution in [0, 0.1) is 30.6 Å². The number of rotatable bonds is 6. The number of phenols is 3. The van der Waals surface area contributed by atoms with Gasteiger partial charge < -0.3 is 55.2 Å². The van der Waals surface area contributed by atoms with E-state index in [1.54, 1.807) is 39.8 Å². The maximum atomic E-state index is 14.4. The normalized spacial score (nSPS) is 28.8. The van der Waals surface area contributed by atoms with Crippen molar-refractivity contribution in [3.63, 3.8) is 0 Å². The van der Waals surface area contributed by atoms with Crippen LogP contribution >= 0.6 is 0 Å². The van der Waals surface area contributed by atoms with Crippen LogP contribution in [0.5, 0.6) is 23.0 Å². The smallest absolute Gasteiger partial charge is 0.312 e. The second-order valence-electron chi connectivity index (χ2n) is 15.7. The molecule has 6 rings (SSSR count). The van der Waals surface area contributed by atoms with Crippen LogP contribution in [0.2, 0.25) is 0 Å². The zero-order chi connectivity index (χ0) is 44.2. The van der Waals surface area contributed by atoms with Crippen LogP contribution < -0.4 is 15.5 Å². The number of aliphatic hydroxyl groups is 2. The monoisotopic (exact) mass is 829 g/mol. The predicted molar refractivity (Wildman–Crippen MR) is 225 cm³/mol. The lowest BCUT2D eigenvalue weighted by molar-refractivity contribution is -0.160. The van der Waals surface area contributed by atoms with Crippen molar-refractivity contribution in [2.24, 2.45) is 28.8 Å². The Labute approximate surface area is 349 Å². The van der Waals surface area contributed by atoms with E-state index in [1.807, 2.05) is 30.3 Å². The van der Waals surface area contributed by atoms with Crippen molar-refractivity contribution in [1.82, 2.24) is 5.43 Å². The van der Waals surface area contributed by atoms with Crippen molar-refractivity contribution in [2.45, 2.75) is 92.1 Å². The number of phenolic OH excluding ortho intramolecular Hbond substituents is 3. The highest BCUT2D eigenvalue weighted by Crippen LogP contribution is 2.55. The van der Waals surface area contributed by atoms with Gasteiger partial charge in [-0.15, -0.1) is 0 Å². The van der Waals surface area contributed by atoms with Gasteiger partial charge in [0.15, 0.2) is 5.75 Å². The second kappa shape index (κ2) is 18.6. The summed E-state index contributed by atoms with van der Waals surface area (Å²) in [6, 6.07) is 9.34. The second-order valence-corrected chi connectivity index (χ2v) is 15.7. The van der Waals surface area contributed by atoms with E-state index in [2.05, 4.69) is 15.8 Å². The number of Topliss-reactive ketones (excluding diaryl/α,β-unsaturated/α-hetero) is 1. The molecule has 3 heterocycles. The number of hydrazone groups is 1. The van der Waals surface area contributed by atoms with Gasteiger partial charge in [0.2, 0.25) is 0 Å². The molecule has 0 saturated heterocycles. The quantitative estimate of drug-likeness (QED) is 0.0508. The number of nitrogens with one attached hydrogen (secondary N) is 2. The molecule has 7 N–H and O–H groups in total. The molecule has 3 aliphatic rings. The number of fused-ring (bicyclic) bond motifs is 14. The van der Waals surface area contributed by atoms with Gasteiger partial charge in [0.05, 0.1) is 59.5 Å². The molecule has 15 heteroatoms. The molecule has 60 heavy (non-hydrogen) atoms. The number of nitrogens with zero attached hydrogens (tertiary/aromatic N) is 1. The number of anilines is 1. The Morgan fingerprint density at radius 2 is 1.63 bits per heavy atom. The maximum absolute atomic E-state index is 14.4. The van der Waals surface area contributed by atoms with Gasteiger partial charge in [0.25, 0.3) is 11.7 Å². The Balaban J connectivity index is 1.69. The predicted octanol–water partition coefficient (Wildman–Crippen LogP) is 5.88. The number of ketones is 1. The number of ether oxygens (including phenoxy) is 4. The van der Waals surface area contributed by atoms with Crippen LogP contribution in [0.4, 0.5) is 5.69 Å². The Morgan fingerprint density at radius 3 is 2.28 bits per heavy atom. The molecule has 0 saturated carbocycles. The number of carbonyl (C=O) groups is 3. The highest BCUT2D eigenvalue weighted by atomic mass is 16.7. The number of allylic oxidation sites excluding steroid dienone is 2. The average molecular weight is 830 g/mol. The summed E-state index contributed by atoms with van der Waals surface area (Å²) < 4.78 is 23.6. The molecule has 5 bridgehead atoms. The molecule has 0 aliphatic carbocycles. The van der Waals surface area contributed by atoms with E-state index < -0.39 is 88.8 Å². The third-order valence-electron chi connectivity index (χ3n) is 11.4. The number of hydrogen-bond donors (Lipinski definition) is 7. The summed E-state index contributed by atoms with van der Waals surface area (Å²) in [6.07, 6.45) is 4.65. The van der Waals surface area contributed by atoms with E-state index in [4.69, 9.17) is 18.9 Å². The number of methoxy groups -OCH3 is 1. The van der Waals surface area contributed by atoms with Gasteiger partial charge in [-0.1, -0.05) is 76.3 Å². The molecule has 3 aromatic rings. The third kappa shape index (κ3) is 8.98. The molecule has 0 radical (unpaired) electrons. The van der Waals surface area contributed by atoms with Crippen molar-refractivity contribution in [3.05, 3.63) is 88.7 Å². The Morgan fingerprint density at radius 1 is 0.950 bits per heavy atom. The molecule has 3 aromatic carbocycles. The summed E-state index contributed by atoms with van der Waals surface area (Å²) >= 11 is 0. The van der Waals surface area contributed by atoms with Crippen LogP contribution in [0.15, 0.2) is 71.6 Å². The van der Waals surface area contributed by atoms with Gasteiger partial charge in [0.1, 0.15) is 23.4 Å². The fourth-order valence-electron chi connectivity index (χ4n) is 7.72. The largest absolute Gasteiger partial charge is 0.507 e. The van der Waals surface area contributed by atoms with Crippen molar-refractivity contribution < 1.29 is 58.9 Å². The molecule has 0 spiro atoms. The summed E-state index contributed by atoms with van der Waals surface area (Å²) in [4.78, 5) is 40.5. The fourth-order valence-corrected chi connectivity index (χ4v) is 7.72. The van der Waals surface area contributed by atoms with E-state index in [9.17, 15) is 39.9 Å². The van der Waals surface area contributed by atoms with Gasteiger partial charge >= 0.3 is 11.8 Å². The minimum Gasteiger partial charge on any atom is -0.507 e. The summed E-state index contributed by atoms with van der Waals surface area (Å²) in [5, 5.41) is 64.6. The number of aliphatic hydroxyl groups excluding tert-OH is 2. The zero-order valence-corrected chi connectivity index (χ0v) is 35.2. The third-order valence-corrected chi connectivity index (χ3v) is 11.4. The first kappa shape index (κ1) is 45.2. The fraction of sp³-hybridized carbons (Fsp3) is 0.422. The molecule has 1 amide bonds. The molecule has 9 atom stereocenters. The van der Waals surface area contributed by atoms with Crippen LogP contribution in [-0.4, -0.2) is 86.7 Å². The summed E-state index contributed by atoms with van der Waals surface area (Å²) in [5.74, 6) is -8.56. The van der Waals surface area contributed by atoms with E-state index in [0.717, 1.165) is 5.56 Å². The van der Waals surface area contributed by atoms with Gasteiger partial charge in [-0.05, 0) is 25.5 Å². The van der Waals surface area contributed by atoms with Crippen LogP contribution in [-0.2, 0) is 30.3 Å². The number of carbonyl (C=O) groups excluding carboxylic acids is 3. The van der Waals surface area contributed by atoms with E-state index in [1.165, 1.54) is 59.4 Å². The van der Waals surface area contributed by atoms with Crippen LogP contribution in [0.3, 0.4) is 0 Å². The van der Waals surface area contributed by atoms with Crippen LogP contribution in [0.25, 0.3) is 10.8 Å². The molecule has 322 valence electrons. The van der Waals surface area contributed by atoms with Crippen molar-refractivity contribution in [3.8, 4) is 23.0 Å². The zero-order valence-electron chi connectivity index (χ0n) is 35.2. The topological polar surface area (TPSA) is 226 Å². The van der Waals surface area contributed by atoms with E-state index in [-0.39, 0.29) is 51.0 Å². The van der Waals surface area contributed by atoms with Gasteiger partial charge in [-0.25, -0.2) is 0 Å². The highest BCUT2D eigenvalue weighted by molar-refractivity contribution is 6.23. The molecule has 3 aliphatic heterocycles. The van der Waals surface area contributed by atoms with E-state index >= 15 is 0 Å². The lowest BCUT2D eigenvalue weighted by Gasteiger charge is -2.38. The lowest BCUT2D eigenvalue weighted by atomic mass is 9.78. The molecular formula is C45H55N3O12. The average Bonchev–Trinajstić information content (AvgIpc) is 3.48. The SMILES string of the molecule is COC1/C=C/OC2(C)Oc3c(C)c(O)c4c(O)c(c(/C=N/NCc5ccccc5)c(O)c4c3C2=O)NC(=O)C(C)=C/C=C/C(C)C(O)C(C)C(O)C(C)C(OC(C)=O)C1C. The molecular weight excluding hydrogens is 775 g/mol. The minimum absolute atomic E-state index is 0.0394. The Kier molecular flexibility index (Phi) is 14.0. The van der Waals surface area contributed by atoms with Crippen molar-refractivity contribution >= 4 is 40.3 Å². The number of esters is 1. The number of benzene rings is 3. The first-order valence-electron chi connectivity index (χ1n) is 19.7. The summed E-state index contributed by atoms with van der Waals surface area (Å²) in [5.41, 5.74) is 3.25. The molecule has 0 fully saturated rings. The van der Waals surface area contributed by atoms with Crippen molar-refractivity contribution in [1.29, 1.82) is 0 Å². The number of amides is 1. The van der Waals surface area contributed by atoms with Crippen molar-refractivity contribution in [2.75, 3.05) is 12.4 Å². The van der Waals surface area contributed by atoms with E-state index in [0.29, 0.717) is 0 Å². The Bertz CT molecular complexity index is 2240. The standard InChI is InChI=1S/C45H55N3O12/c1-22-14-13-15-23(2)44(56)48-35-30(21-47-46-20-29-16-11-10-12-17-29)39(53)32-33(40(35)54)38(52)27(6)42-34(32)43(55)45(8,60-42)58-19-18-31(57-9)24(3)41(59-28(7)49)26(5)37(51)25(4)36(22)50/h10-19,21-22,24-26,31,36-37,41,46,50-54H,20H2,1-9H3,(H,48,56)/b14-13+,19-18+,23-15?,47-21+. The summed E-state index contributed by atoms with van der Waals surface area (Å²) in [7, 11) is 1.43.